The molecule has 0 saturated carbocycles. The third-order valence-electron chi connectivity index (χ3n) is 0.970. The second-order valence-corrected chi connectivity index (χ2v) is 1.54. The van der Waals surface area contributed by atoms with Crippen LogP contribution in [0.15, 0.2) is 9.98 Å². The zero-order chi connectivity index (χ0) is 6.69. The first-order valence-corrected chi connectivity index (χ1v) is 2.47. The highest BCUT2D eigenvalue weighted by molar-refractivity contribution is 6.04. The van der Waals surface area contributed by atoms with Gasteiger partial charge in [-0.25, -0.2) is 4.99 Å². The average molecular weight is 126 g/mol. The Kier molecular flexibility index (Phi) is 1.69. The highest BCUT2D eigenvalue weighted by Gasteiger charge is 2.14. The lowest BCUT2D eigenvalue weighted by Crippen LogP contribution is -2.24. The van der Waals surface area contributed by atoms with E-state index < -0.39 is 6.10 Å². The molecular weight excluding hydrogens is 120 g/mol. The van der Waals surface area contributed by atoms with Crippen LogP contribution in [-0.2, 0) is 9.53 Å². The van der Waals surface area contributed by atoms with E-state index >= 15 is 0 Å². The lowest BCUT2D eigenvalue weighted by molar-refractivity contribution is -0.123. The molecule has 1 aliphatic heterocycles. The Bertz CT molecular complexity index is 174. The second-order valence-electron chi connectivity index (χ2n) is 1.54. The van der Waals surface area contributed by atoms with Crippen LogP contribution in [0.1, 0.15) is 0 Å². The lowest BCUT2D eigenvalue weighted by atomic mass is 10.3. The molecule has 1 unspecified atom stereocenters. The predicted molar refractivity (Wildman–Crippen MR) is 32.8 cm³/mol. The number of rotatable bonds is 1. The summed E-state index contributed by atoms with van der Waals surface area (Å²) in [6, 6.07) is 0. The number of ether oxygens (including phenoxy) is 1. The van der Waals surface area contributed by atoms with Crippen molar-refractivity contribution in [2.45, 2.75) is 6.10 Å². The van der Waals surface area contributed by atoms with Gasteiger partial charge in [-0.1, -0.05) is 0 Å². The van der Waals surface area contributed by atoms with Crippen molar-refractivity contribution in [1.82, 2.24) is 0 Å². The van der Waals surface area contributed by atoms with Crippen LogP contribution >= 0.6 is 0 Å². The van der Waals surface area contributed by atoms with Crippen molar-refractivity contribution < 1.29 is 9.53 Å². The fourth-order valence-corrected chi connectivity index (χ4v) is 0.506. The van der Waals surface area contributed by atoms with Gasteiger partial charge in [0.15, 0.2) is 6.10 Å². The van der Waals surface area contributed by atoms with E-state index in [0.717, 1.165) is 0 Å². The fourth-order valence-electron chi connectivity index (χ4n) is 0.506. The minimum Gasteiger partial charge on any atom is -0.366 e. The maximum atomic E-state index is 10.6. The summed E-state index contributed by atoms with van der Waals surface area (Å²) in [4.78, 5) is 17.6. The number of methoxy groups -OCH3 is 1. The van der Waals surface area contributed by atoms with E-state index in [2.05, 4.69) is 9.98 Å². The van der Waals surface area contributed by atoms with Gasteiger partial charge in [0, 0.05) is 13.3 Å². The Hall–Kier alpha value is -1.03. The normalized spacial score (nSPS) is 25.0. The van der Waals surface area contributed by atoms with Gasteiger partial charge in [0.2, 0.25) is 0 Å². The summed E-state index contributed by atoms with van der Waals surface area (Å²) in [5.41, 5.74) is 0. The van der Waals surface area contributed by atoms with Gasteiger partial charge >= 0.3 is 0 Å². The molecule has 0 aliphatic carbocycles. The van der Waals surface area contributed by atoms with Crippen molar-refractivity contribution in [3.63, 3.8) is 0 Å². The van der Waals surface area contributed by atoms with Gasteiger partial charge in [0.05, 0.1) is 0 Å². The number of carbonyl (C=O) groups excluding carboxylic acids is 1. The third kappa shape index (κ3) is 1.20. The highest BCUT2D eigenvalue weighted by atomic mass is 16.5. The maximum absolute atomic E-state index is 10.6. The van der Waals surface area contributed by atoms with E-state index in [-0.39, 0.29) is 5.91 Å². The van der Waals surface area contributed by atoms with Crippen LogP contribution in [0.4, 0.5) is 0 Å². The van der Waals surface area contributed by atoms with E-state index in [0.29, 0.717) is 0 Å². The molecule has 9 heavy (non-hydrogen) atoms. The molecular formula is C5H6N2O2. The quantitative estimate of drug-likeness (QED) is 0.481. The summed E-state index contributed by atoms with van der Waals surface area (Å²) < 4.78 is 4.69. The first-order chi connectivity index (χ1) is 4.34. The lowest BCUT2D eigenvalue weighted by Gasteiger charge is -2.05. The van der Waals surface area contributed by atoms with Gasteiger partial charge in [-0.15, -0.1) is 0 Å². The summed E-state index contributed by atoms with van der Waals surface area (Å²) in [5.74, 6) is -0.299. The van der Waals surface area contributed by atoms with Crippen LogP contribution in [0.5, 0.6) is 0 Å². The van der Waals surface area contributed by atoms with Crippen LogP contribution in [0.2, 0.25) is 0 Å². The van der Waals surface area contributed by atoms with Gasteiger partial charge in [-0.05, 0) is 0 Å². The number of aliphatic imine (C=N–C) groups is 2. The zero-order valence-electron chi connectivity index (χ0n) is 4.94. The van der Waals surface area contributed by atoms with E-state index in [1.165, 1.54) is 19.7 Å². The molecule has 0 fully saturated rings. The molecule has 0 N–H and O–H groups in total. The summed E-state index contributed by atoms with van der Waals surface area (Å²) in [5, 5.41) is 0. The molecule has 0 saturated heterocycles. The summed E-state index contributed by atoms with van der Waals surface area (Å²) >= 11 is 0. The monoisotopic (exact) mass is 126 g/mol. The molecule has 1 atom stereocenters. The molecule has 0 spiro atoms. The molecule has 1 rings (SSSR count). The van der Waals surface area contributed by atoms with Gasteiger partial charge in [0.1, 0.15) is 6.34 Å². The number of carbonyl (C=O) groups is 1. The molecule has 4 nitrogen and oxygen atoms in total. The Balaban J connectivity index is 2.66. The molecule has 1 heterocycles. The summed E-state index contributed by atoms with van der Waals surface area (Å²) in [7, 11) is 1.44. The highest BCUT2D eigenvalue weighted by Crippen LogP contribution is 1.93. The van der Waals surface area contributed by atoms with Crippen LogP contribution in [-0.4, -0.2) is 31.7 Å². The zero-order valence-corrected chi connectivity index (χ0v) is 4.94. The molecule has 48 valence electrons. The topological polar surface area (TPSA) is 51.0 Å². The van der Waals surface area contributed by atoms with Crippen molar-refractivity contribution in [3.05, 3.63) is 0 Å². The van der Waals surface area contributed by atoms with Crippen molar-refractivity contribution in [3.8, 4) is 0 Å². The average Bonchev–Trinajstić information content (AvgIpc) is 1.89. The number of hydrogen-bond donors (Lipinski definition) is 0. The summed E-state index contributed by atoms with van der Waals surface area (Å²) in [6.45, 7) is 0. The number of hydrogen-bond acceptors (Lipinski definition) is 3. The van der Waals surface area contributed by atoms with E-state index in [9.17, 15) is 4.79 Å². The molecule has 1 amide bonds. The van der Waals surface area contributed by atoms with Crippen molar-refractivity contribution in [2.24, 2.45) is 9.98 Å². The Morgan fingerprint density at radius 3 is 3.00 bits per heavy atom. The maximum Gasteiger partial charge on any atom is 0.281 e. The van der Waals surface area contributed by atoms with E-state index in [4.69, 9.17) is 4.74 Å². The molecule has 0 aromatic heterocycles. The SMILES string of the molecule is COC1C=NC=NC1=O. The molecule has 0 bridgehead atoms. The molecule has 0 radical (unpaired) electrons. The summed E-state index contributed by atoms with van der Waals surface area (Å²) in [6.07, 6.45) is 2.04. The fraction of sp³-hybridized carbons (Fsp3) is 0.400. The van der Waals surface area contributed by atoms with Crippen molar-refractivity contribution in [1.29, 1.82) is 0 Å². The van der Waals surface area contributed by atoms with Gasteiger partial charge in [-0.2, -0.15) is 4.99 Å². The molecule has 0 aromatic rings. The minimum absolute atomic E-state index is 0.299. The standard InChI is InChI=1S/C5H6N2O2/c1-9-4-2-6-3-7-5(4)8/h2-4H,1H3. The smallest absolute Gasteiger partial charge is 0.281 e. The Morgan fingerprint density at radius 2 is 2.56 bits per heavy atom. The first-order valence-electron chi connectivity index (χ1n) is 2.47. The Labute approximate surface area is 52.3 Å². The molecule has 0 aromatic carbocycles. The van der Waals surface area contributed by atoms with Crippen molar-refractivity contribution >= 4 is 18.5 Å². The van der Waals surface area contributed by atoms with Crippen LogP contribution in [0.25, 0.3) is 0 Å². The third-order valence-corrected chi connectivity index (χ3v) is 0.970. The van der Waals surface area contributed by atoms with Crippen molar-refractivity contribution in [2.75, 3.05) is 7.11 Å². The Morgan fingerprint density at radius 1 is 1.78 bits per heavy atom. The van der Waals surface area contributed by atoms with Crippen LogP contribution in [0, 0.1) is 0 Å². The van der Waals surface area contributed by atoms with E-state index in [1.807, 2.05) is 0 Å². The molecule has 4 heteroatoms. The first kappa shape index (κ1) is 6.10. The predicted octanol–water partition coefficient (Wildman–Crippen LogP) is -0.359. The van der Waals surface area contributed by atoms with Crippen LogP contribution in [0.3, 0.4) is 0 Å². The number of nitrogens with zero attached hydrogens (tertiary/aromatic N) is 2. The largest absolute Gasteiger partial charge is 0.366 e. The van der Waals surface area contributed by atoms with Gasteiger partial charge < -0.3 is 4.74 Å². The van der Waals surface area contributed by atoms with Gasteiger partial charge in [-0.3, -0.25) is 4.79 Å². The minimum atomic E-state index is -0.574. The number of amides is 1. The second kappa shape index (κ2) is 2.50. The molecule has 1 aliphatic rings. The van der Waals surface area contributed by atoms with E-state index in [1.54, 1.807) is 0 Å². The van der Waals surface area contributed by atoms with Crippen LogP contribution < -0.4 is 0 Å². The van der Waals surface area contributed by atoms with Gasteiger partial charge in [0.25, 0.3) is 5.91 Å².